The average molecular weight is 315 g/mol. The molecule has 0 aromatic carbocycles. The van der Waals surface area contributed by atoms with Crippen LogP contribution in [0.5, 0.6) is 0 Å². The molecule has 114 valence electrons. The highest BCUT2D eigenvalue weighted by Gasteiger charge is 2.62. The van der Waals surface area contributed by atoms with Crippen LogP contribution in [0, 0.1) is 0 Å². The SMILES string of the molecule is O=C(CCCO)OC(C(F)(F)F)C(F)(F)S(=O)(=O)[O-]. The smallest absolute Gasteiger partial charge is 0.432 e. The molecule has 6 nitrogen and oxygen atoms in total. The Labute approximate surface area is 103 Å². The zero-order chi connectivity index (χ0) is 15.5. The number of hydrogen-bond donors (Lipinski definition) is 1. The van der Waals surface area contributed by atoms with Crippen LogP contribution >= 0.6 is 0 Å². The van der Waals surface area contributed by atoms with Crippen molar-refractivity contribution in [1.29, 1.82) is 0 Å². The lowest BCUT2D eigenvalue weighted by Gasteiger charge is -2.29. The first-order valence-electron chi connectivity index (χ1n) is 4.54. The van der Waals surface area contributed by atoms with Gasteiger partial charge in [0.25, 0.3) is 6.10 Å². The third-order valence-corrected chi connectivity index (χ3v) is 2.60. The topological polar surface area (TPSA) is 104 Å². The molecule has 0 aromatic rings. The molecule has 1 N–H and O–H groups in total. The van der Waals surface area contributed by atoms with Gasteiger partial charge in [-0.05, 0) is 6.42 Å². The van der Waals surface area contributed by atoms with E-state index in [2.05, 4.69) is 4.74 Å². The molecule has 0 heterocycles. The minimum Gasteiger partial charge on any atom is -0.743 e. The summed E-state index contributed by atoms with van der Waals surface area (Å²) in [5.41, 5.74) is 0. The van der Waals surface area contributed by atoms with Crippen LogP contribution in [0.15, 0.2) is 0 Å². The molecule has 0 amide bonds. The van der Waals surface area contributed by atoms with Crippen LogP contribution in [0.3, 0.4) is 0 Å². The summed E-state index contributed by atoms with van der Waals surface area (Å²) in [6.07, 6.45) is -11.6. The van der Waals surface area contributed by atoms with Gasteiger partial charge in [-0.3, -0.25) is 4.79 Å². The predicted octanol–water partition coefficient (Wildman–Crippen LogP) is 0.371. The van der Waals surface area contributed by atoms with E-state index in [9.17, 15) is 39.7 Å². The molecule has 0 bridgehead atoms. The van der Waals surface area contributed by atoms with Crippen molar-refractivity contribution < 1.29 is 49.6 Å². The summed E-state index contributed by atoms with van der Waals surface area (Å²) in [5, 5.41) is 2.43. The van der Waals surface area contributed by atoms with E-state index in [0.717, 1.165) is 0 Å². The van der Waals surface area contributed by atoms with Gasteiger partial charge in [-0.2, -0.15) is 22.0 Å². The van der Waals surface area contributed by atoms with E-state index < -0.39 is 46.6 Å². The number of esters is 1. The molecule has 0 saturated carbocycles. The molecule has 19 heavy (non-hydrogen) atoms. The minimum absolute atomic E-state index is 0.376. The summed E-state index contributed by atoms with van der Waals surface area (Å²) < 4.78 is 95.9. The Morgan fingerprint density at radius 1 is 1.26 bits per heavy atom. The molecule has 0 aliphatic carbocycles. The molecule has 0 rings (SSSR count). The Morgan fingerprint density at radius 2 is 1.74 bits per heavy atom. The highest BCUT2D eigenvalue weighted by atomic mass is 32.2. The molecule has 0 aliphatic rings. The maximum Gasteiger partial charge on any atom is 0.432 e. The van der Waals surface area contributed by atoms with Crippen LogP contribution in [-0.2, 0) is 19.6 Å². The second kappa shape index (κ2) is 5.96. The van der Waals surface area contributed by atoms with E-state index >= 15 is 0 Å². The Morgan fingerprint density at radius 3 is 2.05 bits per heavy atom. The average Bonchev–Trinajstić information content (AvgIpc) is 2.19. The van der Waals surface area contributed by atoms with Crippen LogP contribution in [0.4, 0.5) is 22.0 Å². The van der Waals surface area contributed by atoms with Crippen LogP contribution in [-0.4, -0.2) is 48.2 Å². The molecular weight excluding hydrogens is 307 g/mol. The second-order valence-corrected chi connectivity index (χ2v) is 4.71. The van der Waals surface area contributed by atoms with Crippen LogP contribution in [0.25, 0.3) is 0 Å². The molecule has 0 spiro atoms. The van der Waals surface area contributed by atoms with Gasteiger partial charge in [0.2, 0.25) is 0 Å². The molecule has 0 fully saturated rings. The second-order valence-electron chi connectivity index (χ2n) is 3.25. The van der Waals surface area contributed by atoms with Gasteiger partial charge in [-0.15, -0.1) is 0 Å². The van der Waals surface area contributed by atoms with Crippen molar-refractivity contribution in [3.05, 3.63) is 0 Å². The molecule has 0 saturated heterocycles. The molecule has 1 unspecified atom stereocenters. The Bertz CT molecular complexity index is 416. The number of alkyl halides is 5. The number of halogens is 5. The largest absolute Gasteiger partial charge is 0.743 e. The number of rotatable bonds is 6. The van der Waals surface area contributed by atoms with Gasteiger partial charge >= 0.3 is 17.4 Å². The molecule has 1 atom stereocenters. The van der Waals surface area contributed by atoms with Crippen molar-refractivity contribution in [2.45, 2.75) is 30.4 Å². The Hall–Kier alpha value is -1.01. The monoisotopic (exact) mass is 315 g/mol. The van der Waals surface area contributed by atoms with Crippen molar-refractivity contribution in [3.63, 3.8) is 0 Å². The number of aliphatic hydroxyl groups is 1. The zero-order valence-corrected chi connectivity index (χ0v) is 9.80. The third-order valence-electron chi connectivity index (χ3n) is 1.72. The van der Waals surface area contributed by atoms with Crippen molar-refractivity contribution >= 4 is 16.1 Å². The third kappa shape index (κ3) is 4.87. The minimum atomic E-state index is -6.68. The lowest BCUT2D eigenvalue weighted by atomic mass is 10.3. The summed E-state index contributed by atoms with van der Waals surface area (Å²) in [5.74, 6) is -1.82. The predicted molar refractivity (Wildman–Crippen MR) is 46.9 cm³/mol. The molecular formula is C7H8F5O6S-. The van der Waals surface area contributed by atoms with E-state index in [4.69, 9.17) is 5.11 Å². The van der Waals surface area contributed by atoms with Crippen LogP contribution < -0.4 is 0 Å². The standard InChI is InChI=1S/C7H9F5O6S/c8-6(9,10)5(7(11,12)19(15,16)17)18-4(14)2-1-3-13/h5,13H,1-3H2,(H,15,16,17)/p-1. The van der Waals surface area contributed by atoms with E-state index in [1.54, 1.807) is 0 Å². The van der Waals surface area contributed by atoms with Gasteiger partial charge in [-0.1, -0.05) is 0 Å². The fourth-order valence-corrected chi connectivity index (χ4v) is 1.31. The highest BCUT2D eigenvalue weighted by molar-refractivity contribution is 7.86. The number of carbonyl (C=O) groups is 1. The van der Waals surface area contributed by atoms with Crippen molar-refractivity contribution in [2.75, 3.05) is 6.61 Å². The first kappa shape index (κ1) is 18.0. The van der Waals surface area contributed by atoms with Gasteiger partial charge in [0, 0.05) is 13.0 Å². The van der Waals surface area contributed by atoms with E-state index in [-0.39, 0.29) is 6.42 Å². The number of aliphatic hydroxyl groups excluding tert-OH is 1. The first-order chi connectivity index (χ1) is 8.34. The maximum atomic E-state index is 12.8. The zero-order valence-electron chi connectivity index (χ0n) is 8.99. The van der Waals surface area contributed by atoms with Gasteiger partial charge in [0.15, 0.2) is 10.1 Å². The lowest BCUT2D eigenvalue weighted by molar-refractivity contribution is -0.259. The molecule has 0 aromatic heterocycles. The van der Waals surface area contributed by atoms with Crippen molar-refractivity contribution in [3.8, 4) is 0 Å². The van der Waals surface area contributed by atoms with Crippen LogP contribution in [0.2, 0.25) is 0 Å². The molecule has 0 radical (unpaired) electrons. The Kier molecular flexibility index (Phi) is 5.65. The van der Waals surface area contributed by atoms with Gasteiger partial charge in [0.05, 0.1) is 0 Å². The van der Waals surface area contributed by atoms with Gasteiger partial charge < -0.3 is 14.4 Å². The summed E-state index contributed by atoms with van der Waals surface area (Å²) in [4.78, 5) is 10.8. The van der Waals surface area contributed by atoms with Crippen LogP contribution in [0.1, 0.15) is 12.8 Å². The fraction of sp³-hybridized carbons (Fsp3) is 0.857. The summed E-state index contributed by atoms with van der Waals surface area (Å²) in [6, 6.07) is 0. The first-order valence-corrected chi connectivity index (χ1v) is 5.95. The van der Waals surface area contributed by atoms with E-state index in [0.29, 0.717) is 0 Å². The summed E-state index contributed by atoms with van der Waals surface area (Å²) in [6.45, 7) is -0.623. The normalized spacial score (nSPS) is 15.1. The number of carbonyl (C=O) groups excluding carboxylic acids is 1. The van der Waals surface area contributed by atoms with E-state index in [1.165, 1.54) is 0 Å². The Balaban J connectivity index is 5.22. The van der Waals surface area contributed by atoms with E-state index in [1.807, 2.05) is 0 Å². The number of hydrogen-bond acceptors (Lipinski definition) is 6. The molecule has 0 aliphatic heterocycles. The van der Waals surface area contributed by atoms with Gasteiger partial charge in [0.1, 0.15) is 0 Å². The highest BCUT2D eigenvalue weighted by Crippen LogP contribution is 2.38. The summed E-state index contributed by atoms with van der Waals surface area (Å²) >= 11 is 0. The van der Waals surface area contributed by atoms with Crippen molar-refractivity contribution in [1.82, 2.24) is 0 Å². The maximum absolute atomic E-state index is 12.8. The summed E-state index contributed by atoms with van der Waals surface area (Å²) in [7, 11) is -6.68. The quantitative estimate of drug-likeness (QED) is 0.431. The fourth-order valence-electron chi connectivity index (χ4n) is 0.871. The van der Waals surface area contributed by atoms with Gasteiger partial charge in [-0.25, -0.2) is 8.42 Å². The lowest BCUT2D eigenvalue weighted by Crippen LogP contribution is -2.52. The van der Waals surface area contributed by atoms with Crippen molar-refractivity contribution in [2.24, 2.45) is 0 Å². The number of ether oxygens (including phenoxy) is 1. The molecule has 12 heteroatoms.